The number of ether oxygens (including phenoxy) is 3. The standard InChI is InChI=1S/C17H16N2O4/c20-17(13-1-2-14-15(9-13)23-11-22-14)19-7-8-21-16(10-19)12-3-5-18-6-4-12/h1-6,9,16H,7-8,10-11H2. The van der Waals surface area contributed by atoms with E-state index in [0.29, 0.717) is 36.8 Å². The van der Waals surface area contributed by atoms with Crippen LogP contribution in [0.2, 0.25) is 0 Å². The zero-order valence-corrected chi connectivity index (χ0v) is 12.5. The number of carbonyl (C=O) groups is 1. The van der Waals surface area contributed by atoms with Gasteiger partial charge in [0.15, 0.2) is 11.5 Å². The Morgan fingerprint density at radius 2 is 1.96 bits per heavy atom. The molecule has 0 aliphatic carbocycles. The number of carbonyl (C=O) groups excluding carboxylic acids is 1. The van der Waals surface area contributed by atoms with Crippen molar-refractivity contribution in [3.63, 3.8) is 0 Å². The van der Waals surface area contributed by atoms with Crippen LogP contribution < -0.4 is 9.47 Å². The second-order valence-corrected chi connectivity index (χ2v) is 5.46. The van der Waals surface area contributed by atoms with Crippen molar-refractivity contribution in [2.24, 2.45) is 0 Å². The third kappa shape index (κ3) is 2.73. The lowest BCUT2D eigenvalue weighted by atomic mass is 10.1. The van der Waals surface area contributed by atoms with Gasteiger partial charge in [0.1, 0.15) is 6.10 Å². The maximum Gasteiger partial charge on any atom is 0.254 e. The smallest absolute Gasteiger partial charge is 0.254 e. The molecule has 1 unspecified atom stereocenters. The molecule has 2 aliphatic heterocycles. The van der Waals surface area contributed by atoms with Crippen molar-refractivity contribution in [1.29, 1.82) is 0 Å². The number of fused-ring (bicyclic) bond motifs is 1. The van der Waals surface area contributed by atoms with Crippen molar-refractivity contribution < 1.29 is 19.0 Å². The Balaban J connectivity index is 1.52. The fourth-order valence-electron chi connectivity index (χ4n) is 2.83. The maximum atomic E-state index is 12.7. The number of nitrogens with zero attached hydrogens (tertiary/aromatic N) is 2. The summed E-state index contributed by atoms with van der Waals surface area (Å²) in [7, 11) is 0. The first kappa shape index (κ1) is 14.0. The molecule has 0 radical (unpaired) electrons. The number of hydrogen-bond donors (Lipinski definition) is 0. The van der Waals surface area contributed by atoms with Crippen molar-refractivity contribution in [3.05, 3.63) is 53.9 Å². The normalized spacial score (nSPS) is 19.7. The Morgan fingerprint density at radius 3 is 2.83 bits per heavy atom. The lowest BCUT2D eigenvalue weighted by Crippen LogP contribution is -2.42. The predicted molar refractivity (Wildman–Crippen MR) is 81.4 cm³/mol. The first-order valence-corrected chi connectivity index (χ1v) is 7.52. The summed E-state index contributed by atoms with van der Waals surface area (Å²) < 4.78 is 16.4. The fourth-order valence-corrected chi connectivity index (χ4v) is 2.83. The second kappa shape index (κ2) is 5.89. The number of morpholine rings is 1. The van der Waals surface area contributed by atoms with E-state index in [1.165, 1.54) is 0 Å². The third-order valence-corrected chi connectivity index (χ3v) is 4.05. The molecule has 3 heterocycles. The SMILES string of the molecule is O=C(c1ccc2c(c1)OCO2)N1CCOC(c2ccncc2)C1. The van der Waals surface area contributed by atoms with Crippen LogP contribution in [0, 0.1) is 0 Å². The summed E-state index contributed by atoms with van der Waals surface area (Å²) >= 11 is 0. The van der Waals surface area contributed by atoms with Crippen LogP contribution in [0.1, 0.15) is 22.0 Å². The van der Waals surface area contributed by atoms with E-state index in [2.05, 4.69) is 4.98 Å². The van der Waals surface area contributed by atoms with Crippen molar-refractivity contribution >= 4 is 5.91 Å². The van der Waals surface area contributed by atoms with Crippen LogP contribution in [-0.2, 0) is 4.74 Å². The Kier molecular flexibility index (Phi) is 3.59. The van der Waals surface area contributed by atoms with Crippen LogP contribution in [-0.4, -0.2) is 42.3 Å². The molecule has 0 spiro atoms. The van der Waals surface area contributed by atoms with E-state index in [9.17, 15) is 4.79 Å². The van der Waals surface area contributed by atoms with E-state index in [-0.39, 0.29) is 18.8 Å². The molecule has 0 bridgehead atoms. The van der Waals surface area contributed by atoms with Gasteiger partial charge in [-0.05, 0) is 35.9 Å². The highest BCUT2D eigenvalue weighted by molar-refractivity contribution is 5.95. The van der Waals surface area contributed by atoms with Crippen LogP contribution >= 0.6 is 0 Å². The molecule has 23 heavy (non-hydrogen) atoms. The molecular formula is C17H16N2O4. The van der Waals surface area contributed by atoms with E-state index < -0.39 is 0 Å². The number of aromatic nitrogens is 1. The number of benzene rings is 1. The summed E-state index contributed by atoms with van der Waals surface area (Å²) in [5.74, 6) is 1.28. The Bertz CT molecular complexity index is 720. The van der Waals surface area contributed by atoms with Crippen molar-refractivity contribution in [2.75, 3.05) is 26.5 Å². The zero-order chi connectivity index (χ0) is 15.6. The van der Waals surface area contributed by atoms with Crippen LogP contribution in [0.15, 0.2) is 42.7 Å². The van der Waals surface area contributed by atoms with E-state index in [1.807, 2.05) is 17.0 Å². The number of hydrogen-bond acceptors (Lipinski definition) is 5. The molecule has 118 valence electrons. The predicted octanol–water partition coefficient (Wildman–Crippen LogP) is 2.02. The molecule has 1 amide bonds. The second-order valence-electron chi connectivity index (χ2n) is 5.46. The van der Waals surface area contributed by atoms with Gasteiger partial charge in [-0.1, -0.05) is 0 Å². The average molecular weight is 312 g/mol. The number of pyridine rings is 1. The molecule has 0 saturated carbocycles. The minimum absolute atomic E-state index is 0.0225. The third-order valence-electron chi connectivity index (χ3n) is 4.05. The van der Waals surface area contributed by atoms with Crippen molar-refractivity contribution in [2.45, 2.75) is 6.10 Å². The number of rotatable bonds is 2. The summed E-state index contributed by atoms with van der Waals surface area (Å²) in [4.78, 5) is 18.6. The van der Waals surface area contributed by atoms with Crippen LogP contribution in [0.3, 0.4) is 0 Å². The van der Waals surface area contributed by atoms with Gasteiger partial charge in [-0.15, -0.1) is 0 Å². The molecule has 4 rings (SSSR count). The van der Waals surface area contributed by atoms with E-state index in [0.717, 1.165) is 5.56 Å². The van der Waals surface area contributed by atoms with Crippen LogP contribution in [0.4, 0.5) is 0 Å². The van der Waals surface area contributed by atoms with E-state index in [1.54, 1.807) is 30.6 Å². The van der Waals surface area contributed by atoms with Gasteiger partial charge in [-0.2, -0.15) is 0 Å². The van der Waals surface area contributed by atoms with Gasteiger partial charge in [0.25, 0.3) is 5.91 Å². The molecule has 2 aromatic rings. The Hall–Kier alpha value is -2.60. The lowest BCUT2D eigenvalue weighted by Gasteiger charge is -2.33. The Morgan fingerprint density at radius 1 is 1.13 bits per heavy atom. The van der Waals surface area contributed by atoms with Crippen LogP contribution in [0.25, 0.3) is 0 Å². The lowest BCUT2D eigenvalue weighted by molar-refractivity contribution is -0.0228. The highest BCUT2D eigenvalue weighted by Gasteiger charge is 2.27. The monoisotopic (exact) mass is 312 g/mol. The zero-order valence-electron chi connectivity index (χ0n) is 12.5. The van der Waals surface area contributed by atoms with Gasteiger partial charge in [0.05, 0.1) is 13.2 Å². The summed E-state index contributed by atoms with van der Waals surface area (Å²) in [5.41, 5.74) is 1.63. The molecule has 1 saturated heterocycles. The minimum atomic E-state index is -0.121. The topological polar surface area (TPSA) is 60.9 Å². The highest BCUT2D eigenvalue weighted by Crippen LogP contribution is 2.33. The molecule has 0 N–H and O–H groups in total. The van der Waals surface area contributed by atoms with E-state index in [4.69, 9.17) is 14.2 Å². The van der Waals surface area contributed by atoms with Gasteiger partial charge in [0.2, 0.25) is 6.79 Å². The van der Waals surface area contributed by atoms with Crippen LogP contribution in [0.5, 0.6) is 11.5 Å². The molecular weight excluding hydrogens is 296 g/mol. The molecule has 2 aliphatic rings. The molecule has 1 fully saturated rings. The first-order valence-electron chi connectivity index (χ1n) is 7.52. The minimum Gasteiger partial charge on any atom is -0.454 e. The summed E-state index contributed by atoms with van der Waals surface area (Å²) in [6.45, 7) is 1.82. The summed E-state index contributed by atoms with van der Waals surface area (Å²) in [6, 6.07) is 9.11. The molecule has 6 heteroatoms. The largest absolute Gasteiger partial charge is 0.454 e. The van der Waals surface area contributed by atoms with Gasteiger partial charge in [-0.25, -0.2) is 0 Å². The highest BCUT2D eigenvalue weighted by atomic mass is 16.7. The average Bonchev–Trinajstić information content (AvgIpc) is 3.09. The fraction of sp³-hybridized carbons (Fsp3) is 0.294. The Labute approximate surface area is 133 Å². The summed E-state index contributed by atoms with van der Waals surface area (Å²) in [5, 5.41) is 0. The van der Waals surface area contributed by atoms with Crippen molar-refractivity contribution in [1.82, 2.24) is 9.88 Å². The quantitative estimate of drug-likeness (QED) is 0.849. The van der Waals surface area contributed by atoms with Gasteiger partial charge >= 0.3 is 0 Å². The molecule has 1 aromatic heterocycles. The molecule has 1 atom stereocenters. The van der Waals surface area contributed by atoms with Gasteiger partial charge < -0.3 is 19.1 Å². The van der Waals surface area contributed by atoms with Gasteiger partial charge in [0, 0.05) is 24.5 Å². The van der Waals surface area contributed by atoms with Crippen molar-refractivity contribution in [3.8, 4) is 11.5 Å². The summed E-state index contributed by atoms with van der Waals surface area (Å²) in [6.07, 6.45) is 3.35. The maximum absolute atomic E-state index is 12.7. The van der Waals surface area contributed by atoms with Gasteiger partial charge in [-0.3, -0.25) is 9.78 Å². The van der Waals surface area contributed by atoms with E-state index >= 15 is 0 Å². The molecule has 1 aromatic carbocycles. The molecule has 6 nitrogen and oxygen atoms in total. The number of amides is 1. The first-order chi connectivity index (χ1) is 11.3.